The van der Waals surface area contributed by atoms with Gasteiger partial charge in [-0.05, 0) is 40.0 Å². The molecule has 0 aliphatic rings. The molecule has 126 valence electrons. The number of aryl methyl sites for hydroxylation is 1. The van der Waals surface area contributed by atoms with Crippen LogP contribution in [-0.2, 0) is 19.4 Å². The van der Waals surface area contributed by atoms with Gasteiger partial charge < -0.3 is 9.26 Å². The van der Waals surface area contributed by atoms with Crippen molar-refractivity contribution in [1.82, 2.24) is 10.1 Å². The highest BCUT2D eigenvalue weighted by Crippen LogP contribution is 2.30. The van der Waals surface area contributed by atoms with Gasteiger partial charge in [-0.1, -0.05) is 41.6 Å². The molecule has 1 heterocycles. The van der Waals surface area contributed by atoms with Gasteiger partial charge in [-0.2, -0.15) is 10.2 Å². The number of para-hydroxylation sites is 1. The first-order valence-electron chi connectivity index (χ1n) is 7.80. The summed E-state index contributed by atoms with van der Waals surface area (Å²) in [5.74, 6) is 1.65. The van der Waals surface area contributed by atoms with Crippen LogP contribution in [0.2, 0.25) is 0 Å². The van der Waals surface area contributed by atoms with E-state index in [4.69, 9.17) is 14.5 Å². The van der Waals surface area contributed by atoms with E-state index in [1.807, 2.05) is 30.3 Å². The second-order valence-corrected chi connectivity index (χ2v) is 6.41. The minimum Gasteiger partial charge on any atom is -0.482 e. The van der Waals surface area contributed by atoms with Gasteiger partial charge in [0.2, 0.25) is 0 Å². The highest BCUT2D eigenvalue weighted by molar-refractivity contribution is 9.10. The molecule has 2 aromatic carbocycles. The molecular formula is C19H16BrN3O2. The molecule has 0 saturated heterocycles. The molecule has 3 rings (SSSR count). The Morgan fingerprint density at radius 1 is 1.16 bits per heavy atom. The number of ether oxygens (including phenoxy) is 1. The number of benzene rings is 2. The minimum absolute atomic E-state index is 0.155. The van der Waals surface area contributed by atoms with Crippen molar-refractivity contribution >= 4 is 15.9 Å². The van der Waals surface area contributed by atoms with Crippen molar-refractivity contribution in [1.29, 1.82) is 5.26 Å². The smallest absolute Gasteiger partial charge is 0.264 e. The van der Waals surface area contributed by atoms with Gasteiger partial charge in [-0.25, -0.2) is 0 Å². The third-order valence-corrected chi connectivity index (χ3v) is 4.40. The zero-order valence-corrected chi connectivity index (χ0v) is 15.3. The molecule has 25 heavy (non-hydrogen) atoms. The van der Waals surface area contributed by atoms with E-state index < -0.39 is 0 Å². The van der Waals surface area contributed by atoms with E-state index in [-0.39, 0.29) is 13.0 Å². The number of nitrogens with zero attached hydrogens (tertiary/aromatic N) is 3. The zero-order valence-electron chi connectivity index (χ0n) is 13.7. The van der Waals surface area contributed by atoms with Gasteiger partial charge in [0, 0.05) is 12.0 Å². The van der Waals surface area contributed by atoms with Crippen LogP contribution in [0.5, 0.6) is 5.75 Å². The maximum atomic E-state index is 8.92. The quantitative estimate of drug-likeness (QED) is 0.616. The van der Waals surface area contributed by atoms with Gasteiger partial charge in [0.05, 0.1) is 17.0 Å². The van der Waals surface area contributed by atoms with Crippen molar-refractivity contribution in [3.8, 4) is 11.8 Å². The fourth-order valence-corrected chi connectivity index (χ4v) is 2.99. The van der Waals surface area contributed by atoms with Gasteiger partial charge in [0.25, 0.3) is 5.89 Å². The molecular weight excluding hydrogens is 382 g/mol. The number of nitriles is 1. The maximum Gasteiger partial charge on any atom is 0.264 e. The normalized spacial score (nSPS) is 10.4. The molecule has 0 amide bonds. The zero-order chi connectivity index (χ0) is 17.6. The predicted molar refractivity (Wildman–Crippen MR) is 96.1 cm³/mol. The number of halogens is 1. The lowest BCUT2D eigenvalue weighted by atomic mass is 10.1. The monoisotopic (exact) mass is 397 g/mol. The Hall–Kier alpha value is -2.65. The van der Waals surface area contributed by atoms with Crippen molar-refractivity contribution in [3.05, 3.63) is 75.3 Å². The second kappa shape index (κ2) is 7.95. The molecule has 0 unspecified atom stereocenters. The van der Waals surface area contributed by atoms with Gasteiger partial charge in [0.1, 0.15) is 5.75 Å². The van der Waals surface area contributed by atoms with Crippen molar-refractivity contribution in [2.24, 2.45) is 0 Å². The van der Waals surface area contributed by atoms with Crippen LogP contribution < -0.4 is 4.74 Å². The summed E-state index contributed by atoms with van der Waals surface area (Å²) in [6.07, 6.45) is 0.891. The fourth-order valence-electron chi connectivity index (χ4n) is 2.47. The molecule has 0 aliphatic carbocycles. The van der Waals surface area contributed by atoms with Crippen LogP contribution in [0.4, 0.5) is 0 Å². The molecule has 0 radical (unpaired) electrons. The van der Waals surface area contributed by atoms with E-state index >= 15 is 0 Å². The second-order valence-electron chi connectivity index (χ2n) is 5.56. The summed E-state index contributed by atoms with van der Waals surface area (Å²) in [4.78, 5) is 4.38. The largest absolute Gasteiger partial charge is 0.482 e. The number of aromatic nitrogens is 2. The molecule has 3 aromatic rings. The van der Waals surface area contributed by atoms with E-state index in [2.05, 4.69) is 51.2 Å². The van der Waals surface area contributed by atoms with Crippen LogP contribution in [-0.4, -0.2) is 10.1 Å². The Kier molecular flexibility index (Phi) is 5.46. The van der Waals surface area contributed by atoms with Crippen molar-refractivity contribution < 1.29 is 9.26 Å². The van der Waals surface area contributed by atoms with Gasteiger partial charge >= 0.3 is 0 Å². The number of hydrogen-bond donors (Lipinski definition) is 0. The van der Waals surface area contributed by atoms with Crippen LogP contribution in [0.25, 0.3) is 0 Å². The molecule has 0 aliphatic heterocycles. The molecule has 0 bridgehead atoms. The summed E-state index contributed by atoms with van der Waals surface area (Å²) in [7, 11) is 0. The topological polar surface area (TPSA) is 71.9 Å². The molecule has 0 atom stereocenters. The van der Waals surface area contributed by atoms with Crippen LogP contribution in [0.1, 0.15) is 28.4 Å². The summed E-state index contributed by atoms with van der Waals surface area (Å²) >= 11 is 3.45. The average Bonchev–Trinajstić information content (AvgIpc) is 3.04. The van der Waals surface area contributed by atoms with E-state index in [0.29, 0.717) is 23.9 Å². The first-order valence-corrected chi connectivity index (χ1v) is 8.60. The predicted octanol–water partition coefficient (Wildman–Crippen LogP) is 4.38. The Morgan fingerprint density at radius 3 is 2.76 bits per heavy atom. The Bertz CT molecular complexity index is 915. The van der Waals surface area contributed by atoms with Crippen molar-refractivity contribution in [3.63, 3.8) is 0 Å². The van der Waals surface area contributed by atoms with E-state index in [0.717, 1.165) is 15.6 Å². The van der Waals surface area contributed by atoms with Crippen LogP contribution in [0.3, 0.4) is 0 Å². The van der Waals surface area contributed by atoms with Crippen LogP contribution >= 0.6 is 15.9 Å². The van der Waals surface area contributed by atoms with Crippen molar-refractivity contribution in [2.75, 3.05) is 0 Å². The lowest BCUT2D eigenvalue weighted by molar-refractivity contribution is 0.240. The third kappa shape index (κ3) is 4.25. The van der Waals surface area contributed by atoms with Crippen LogP contribution in [0.15, 0.2) is 51.5 Å². The summed E-state index contributed by atoms with van der Waals surface area (Å²) < 4.78 is 11.9. The maximum absolute atomic E-state index is 8.92. The Balaban J connectivity index is 1.69. The van der Waals surface area contributed by atoms with E-state index in [9.17, 15) is 0 Å². The Morgan fingerprint density at radius 2 is 1.96 bits per heavy atom. The Labute approximate surface area is 154 Å². The molecule has 5 nitrogen and oxygen atoms in total. The first kappa shape index (κ1) is 17.2. The fraction of sp³-hybridized carbons (Fsp3) is 0.211. The van der Waals surface area contributed by atoms with E-state index in [1.54, 1.807) is 0 Å². The summed E-state index contributed by atoms with van der Waals surface area (Å²) in [5, 5.41) is 12.9. The molecule has 0 N–H and O–H groups in total. The summed E-state index contributed by atoms with van der Waals surface area (Å²) in [6, 6.07) is 15.8. The third-order valence-electron chi connectivity index (χ3n) is 3.78. The molecule has 0 saturated carbocycles. The molecule has 0 fully saturated rings. The summed E-state index contributed by atoms with van der Waals surface area (Å²) in [5.41, 5.74) is 3.17. The highest BCUT2D eigenvalue weighted by Gasteiger charge is 2.12. The lowest BCUT2D eigenvalue weighted by Gasteiger charge is -2.09. The molecule has 0 spiro atoms. The van der Waals surface area contributed by atoms with Gasteiger partial charge in [-0.3, -0.25) is 0 Å². The average molecular weight is 398 g/mol. The first-order chi connectivity index (χ1) is 12.2. The summed E-state index contributed by atoms with van der Waals surface area (Å²) in [6.45, 7) is 2.21. The SMILES string of the molecule is Cc1ccccc1Cc1noc(COc2c(Br)cccc2CC#N)n1. The van der Waals surface area contributed by atoms with Gasteiger partial charge in [-0.15, -0.1) is 0 Å². The molecule has 1 aromatic heterocycles. The van der Waals surface area contributed by atoms with E-state index in [1.165, 1.54) is 5.56 Å². The standard InChI is InChI=1S/C19H16BrN3O2/c1-13-5-2-3-6-15(13)11-17-22-18(25-23-17)12-24-19-14(9-10-21)7-4-8-16(19)20/h2-8H,9,11-12H2,1H3. The van der Waals surface area contributed by atoms with Crippen LogP contribution in [0, 0.1) is 18.3 Å². The number of rotatable bonds is 6. The van der Waals surface area contributed by atoms with Crippen molar-refractivity contribution in [2.45, 2.75) is 26.4 Å². The number of hydrogen-bond acceptors (Lipinski definition) is 5. The highest BCUT2D eigenvalue weighted by atomic mass is 79.9. The minimum atomic E-state index is 0.155. The molecule has 6 heteroatoms. The van der Waals surface area contributed by atoms with Gasteiger partial charge in [0.15, 0.2) is 12.4 Å². The lowest BCUT2D eigenvalue weighted by Crippen LogP contribution is -2.00.